The summed E-state index contributed by atoms with van der Waals surface area (Å²) in [5, 5.41) is 32.6. The van der Waals surface area contributed by atoms with Crippen LogP contribution in [0, 0.1) is 5.41 Å². The molecule has 1 heterocycles. The number of nitrogens with zero attached hydrogens (tertiary/aromatic N) is 3. The number of hydrogen-bond acceptors (Lipinski definition) is 4. The van der Waals surface area contributed by atoms with Crippen LogP contribution < -0.4 is 0 Å². The van der Waals surface area contributed by atoms with Crippen molar-refractivity contribution in [2.75, 3.05) is 0 Å². The molecule has 0 fully saturated rings. The lowest BCUT2D eigenvalue weighted by Gasteiger charge is -2.34. The fourth-order valence-corrected chi connectivity index (χ4v) is 5.79. The van der Waals surface area contributed by atoms with Gasteiger partial charge in [-0.25, -0.2) is 0 Å². The van der Waals surface area contributed by atoms with Gasteiger partial charge >= 0.3 is 0 Å². The van der Waals surface area contributed by atoms with E-state index >= 15 is 0 Å². The van der Waals surface area contributed by atoms with Crippen molar-refractivity contribution in [3.63, 3.8) is 0 Å². The van der Waals surface area contributed by atoms with Crippen molar-refractivity contribution in [1.82, 2.24) is 15.0 Å². The molecule has 5 nitrogen and oxygen atoms in total. The first-order valence-electron chi connectivity index (χ1n) is 14.3. The van der Waals surface area contributed by atoms with Gasteiger partial charge in [-0.1, -0.05) is 106 Å². The van der Waals surface area contributed by atoms with Gasteiger partial charge in [-0.3, -0.25) is 0 Å². The van der Waals surface area contributed by atoms with Gasteiger partial charge in [-0.2, -0.15) is 0 Å². The van der Waals surface area contributed by atoms with E-state index in [0.717, 1.165) is 45.3 Å². The molecule has 2 N–H and O–H groups in total. The van der Waals surface area contributed by atoms with Crippen molar-refractivity contribution in [3.05, 3.63) is 76.3 Å². The molecule has 0 saturated carbocycles. The van der Waals surface area contributed by atoms with E-state index in [9.17, 15) is 10.2 Å². The maximum absolute atomic E-state index is 11.7. The van der Waals surface area contributed by atoms with E-state index in [1.165, 1.54) is 0 Å². The molecule has 4 aromatic rings. The van der Waals surface area contributed by atoms with Crippen molar-refractivity contribution >= 4 is 11.0 Å². The highest BCUT2D eigenvalue weighted by molar-refractivity contribution is 5.74. The fraction of sp³-hybridized carbons (Fsp3) is 0.486. The molecule has 0 amide bonds. The summed E-state index contributed by atoms with van der Waals surface area (Å²) in [6, 6.07) is 16.1. The predicted molar refractivity (Wildman–Crippen MR) is 166 cm³/mol. The first-order chi connectivity index (χ1) is 18.3. The SMILES string of the molecule is CC(C)(C)CC(C)(C)c1cc(Cc2cc(C(C)(C)C)cc(C(C)(C)C)c2O)c(O)c(-n2nc3ccccc3n2)c1. The lowest BCUT2D eigenvalue weighted by Crippen LogP contribution is -2.25. The van der Waals surface area contributed by atoms with Crippen LogP contribution >= 0.6 is 0 Å². The molecule has 0 unspecified atom stereocenters. The van der Waals surface area contributed by atoms with Gasteiger partial charge in [0, 0.05) is 12.0 Å². The van der Waals surface area contributed by atoms with Crippen LogP contribution in [0.2, 0.25) is 0 Å². The first kappa shape index (κ1) is 29.6. The zero-order chi connectivity index (χ0) is 29.8. The maximum Gasteiger partial charge on any atom is 0.146 e. The number of rotatable bonds is 5. The third kappa shape index (κ3) is 6.19. The zero-order valence-electron chi connectivity index (χ0n) is 26.3. The highest BCUT2D eigenvalue weighted by Crippen LogP contribution is 2.43. The molecular weight excluding hydrogens is 494 g/mol. The van der Waals surface area contributed by atoms with Crippen LogP contribution in [0.4, 0.5) is 0 Å². The number of phenols is 2. The molecule has 5 heteroatoms. The second kappa shape index (κ2) is 9.94. The van der Waals surface area contributed by atoms with Crippen molar-refractivity contribution in [2.24, 2.45) is 5.41 Å². The monoisotopic (exact) mass is 541 g/mol. The Kier molecular flexibility index (Phi) is 7.36. The van der Waals surface area contributed by atoms with E-state index in [2.05, 4.69) is 94.4 Å². The zero-order valence-corrected chi connectivity index (χ0v) is 26.3. The standard InChI is InChI=1S/C35H47N3O2/c1-32(2,3)21-35(10,11)25-18-23(31(40)29(20-25)38-36-27-14-12-13-15-28(27)37-38)16-22-17-24(33(4,5)6)19-26(30(22)39)34(7,8)9/h12-15,17-20,39-40H,16,21H2,1-11H3. The predicted octanol–water partition coefficient (Wildman–Crippen LogP) is 8.73. The van der Waals surface area contributed by atoms with E-state index in [4.69, 9.17) is 10.2 Å². The minimum Gasteiger partial charge on any atom is -0.507 e. The van der Waals surface area contributed by atoms with Crippen molar-refractivity contribution in [3.8, 4) is 17.2 Å². The highest BCUT2D eigenvalue weighted by atomic mass is 16.3. The molecule has 214 valence electrons. The Labute approximate surface area is 240 Å². The van der Waals surface area contributed by atoms with E-state index in [-0.39, 0.29) is 27.4 Å². The van der Waals surface area contributed by atoms with Crippen molar-refractivity contribution < 1.29 is 10.2 Å². The van der Waals surface area contributed by atoms with Gasteiger partial charge in [-0.05, 0) is 68.5 Å². The van der Waals surface area contributed by atoms with Crippen LogP contribution in [0.25, 0.3) is 16.7 Å². The van der Waals surface area contributed by atoms with Crippen LogP contribution in [0.5, 0.6) is 11.5 Å². The molecule has 1 aromatic heterocycles. The third-order valence-electron chi connectivity index (χ3n) is 7.67. The number of aromatic nitrogens is 3. The van der Waals surface area contributed by atoms with Gasteiger partial charge in [-0.15, -0.1) is 15.0 Å². The number of hydrogen-bond donors (Lipinski definition) is 2. The summed E-state index contributed by atoms with van der Waals surface area (Å²) in [6.07, 6.45) is 1.34. The van der Waals surface area contributed by atoms with E-state index in [1.54, 1.807) is 4.80 Å². The Bertz CT molecular complexity index is 1510. The van der Waals surface area contributed by atoms with E-state index < -0.39 is 0 Å². The molecule has 0 bridgehead atoms. The lowest BCUT2D eigenvalue weighted by atomic mass is 9.71. The molecular formula is C35H47N3O2. The summed E-state index contributed by atoms with van der Waals surface area (Å²) in [7, 11) is 0. The van der Waals surface area contributed by atoms with E-state index in [0.29, 0.717) is 17.9 Å². The second-order valence-electron chi connectivity index (χ2n) is 15.3. The topological polar surface area (TPSA) is 71.2 Å². The van der Waals surface area contributed by atoms with Gasteiger partial charge in [0.1, 0.15) is 28.2 Å². The van der Waals surface area contributed by atoms with Gasteiger partial charge in [0.25, 0.3) is 0 Å². The summed E-state index contributed by atoms with van der Waals surface area (Å²) < 4.78 is 0. The Morgan fingerprint density at radius 1 is 0.650 bits per heavy atom. The minimum atomic E-state index is -0.233. The van der Waals surface area contributed by atoms with Gasteiger partial charge in [0.2, 0.25) is 0 Å². The second-order valence-corrected chi connectivity index (χ2v) is 15.3. The first-order valence-corrected chi connectivity index (χ1v) is 14.3. The van der Waals surface area contributed by atoms with E-state index in [1.807, 2.05) is 30.3 Å². The molecule has 0 radical (unpaired) electrons. The van der Waals surface area contributed by atoms with Crippen molar-refractivity contribution in [2.45, 2.75) is 105 Å². The molecule has 0 aliphatic rings. The van der Waals surface area contributed by atoms with Crippen LogP contribution in [-0.4, -0.2) is 25.2 Å². The Morgan fingerprint density at radius 2 is 1.18 bits per heavy atom. The quantitative estimate of drug-likeness (QED) is 0.265. The molecule has 3 aromatic carbocycles. The normalized spacial score (nSPS) is 13.3. The average molecular weight is 542 g/mol. The molecule has 0 atom stereocenters. The van der Waals surface area contributed by atoms with Gasteiger partial charge in [0.05, 0.1) is 0 Å². The van der Waals surface area contributed by atoms with Gasteiger partial charge in [0.15, 0.2) is 0 Å². The Balaban J connectivity index is 1.95. The molecule has 0 saturated heterocycles. The van der Waals surface area contributed by atoms with Crippen LogP contribution in [0.15, 0.2) is 48.5 Å². The number of fused-ring (bicyclic) bond motifs is 1. The molecule has 0 spiro atoms. The average Bonchev–Trinajstić information content (AvgIpc) is 3.22. The molecule has 40 heavy (non-hydrogen) atoms. The smallest absolute Gasteiger partial charge is 0.146 e. The molecule has 0 aliphatic carbocycles. The third-order valence-corrected chi connectivity index (χ3v) is 7.67. The summed E-state index contributed by atoms with van der Waals surface area (Å²) >= 11 is 0. The number of benzene rings is 3. The fourth-order valence-electron chi connectivity index (χ4n) is 5.79. The van der Waals surface area contributed by atoms with Crippen LogP contribution in [0.3, 0.4) is 0 Å². The summed E-state index contributed by atoms with van der Waals surface area (Å²) in [6.45, 7) is 24.2. The minimum absolute atomic E-state index is 0.0920. The number of aromatic hydroxyl groups is 2. The summed E-state index contributed by atoms with van der Waals surface area (Å²) in [5.74, 6) is 0.428. The summed E-state index contributed by atoms with van der Waals surface area (Å²) in [5.41, 5.74) is 6.44. The molecule has 0 aliphatic heterocycles. The lowest BCUT2D eigenvalue weighted by molar-refractivity contribution is 0.284. The Morgan fingerprint density at radius 3 is 1.68 bits per heavy atom. The largest absolute Gasteiger partial charge is 0.507 e. The van der Waals surface area contributed by atoms with Crippen LogP contribution in [0.1, 0.15) is 110 Å². The molecule has 4 rings (SSSR count). The highest BCUT2D eigenvalue weighted by Gasteiger charge is 2.30. The van der Waals surface area contributed by atoms with Crippen LogP contribution in [-0.2, 0) is 22.7 Å². The van der Waals surface area contributed by atoms with Gasteiger partial charge < -0.3 is 10.2 Å². The summed E-state index contributed by atoms with van der Waals surface area (Å²) in [4.78, 5) is 1.55. The van der Waals surface area contributed by atoms with Crippen molar-refractivity contribution in [1.29, 1.82) is 0 Å². The maximum atomic E-state index is 11.7. The Hall–Kier alpha value is -3.34. The number of phenolic OH excluding ortho intramolecular Hbond substituents is 2.